The smallest absolute Gasteiger partial charge is 0.276 e. The van der Waals surface area contributed by atoms with Gasteiger partial charge in [0, 0.05) is 11.1 Å². The number of amides is 2. The fraction of sp³-hybridized carbons (Fsp3) is 0.111. The summed E-state index contributed by atoms with van der Waals surface area (Å²) in [4.78, 5) is 23.4. The molecule has 2 N–H and O–H groups in total. The van der Waals surface area contributed by atoms with E-state index in [-0.39, 0.29) is 6.61 Å². The van der Waals surface area contributed by atoms with Crippen molar-refractivity contribution in [2.45, 2.75) is 6.92 Å². The van der Waals surface area contributed by atoms with Crippen molar-refractivity contribution in [3.63, 3.8) is 0 Å². The molecule has 0 aliphatic carbocycles. The molecule has 0 aliphatic heterocycles. The molecule has 0 aliphatic rings. The Bertz CT molecular complexity index is 791. The predicted octanol–water partition coefficient (Wildman–Crippen LogP) is 3.65. The van der Waals surface area contributed by atoms with Crippen LogP contribution in [0.15, 0.2) is 53.0 Å². The zero-order valence-electron chi connectivity index (χ0n) is 13.4. The van der Waals surface area contributed by atoms with Gasteiger partial charge in [0.2, 0.25) is 0 Å². The number of nitrogens with one attached hydrogen (secondary N) is 2. The van der Waals surface area contributed by atoms with E-state index < -0.39 is 11.8 Å². The van der Waals surface area contributed by atoms with Gasteiger partial charge in [-0.05, 0) is 64.3 Å². The number of carbonyl (C=O) groups excluding carboxylic acids is 2. The lowest BCUT2D eigenvalue weighted by molar-refractivity contribution is -0.128. The summed E-state index contributed by atoms with van der Waals surface area (Å²) in [6.45, 7) is 1.73. The molecule has 130 valence electrons. The Balaban J connectivity index is 1.75. The second-order valence-corrected chi connectivity index (χ2v) is 6.44. The van der Waals surface area contributed by atoms with Gasteiger partial charge >= 0.3 is 0 Å². The van der Waals surface area contributed by atoms with Crippen LogP contribution in [0.5, 0.6) is 5.75 Å². The number of rotatable bonds is 5. The number of hydrogen-bond donors (Lipinski definition) is 2. The van der Waals surface area contributed by atoms with Crippen LogP contribution in [0.3, 0.4) is 0 Å². The molecule has 2 aromatic rings. The minimum absolute atomic E-state index is 0.219. The maximum absolute atomic E-state index is 11.7. The van der Waals surface area contributed by atoms with Crippen LogP contribution in [0.2, 0.25) is 5.02 Å². The van der Waals surface area contributed by atoms with E-state index in [1.165, 1.54) is 6.08 Å². The third kappa shape index (κ3) is 6.60. The molecule has 0 bridgehead atoms. The summed E-state index contributed by atoms with van der Waals surface area (Å²) in [5, 5.41) is 0.620. The van der Waals surface area contributed by atoms with Crippen molar-refractivity contribution < 1.29 is 14.3 Å². The maximum Gasteiger partial charge on any atom is 0.276 e. The highest BCUT2D eigenvalue weighted by Crippen LogP contribution is 2.25. The molecule has 2 rings (SSSR count). The van der Waals surface area contributed by atoms with Gasteiger partial charge in [0.15, 0.2) is 6.61 Å². The van der Waals surface area contributed by atoms with E-state index in [0.29, 0.717) is 10.8 Å². The summed E-state index contributed by atoms with van der Waals surface area (Å²) in [6.07, 6.45) is 2.92. The first-order valence-electron chi connectivity index (χ1n) is 7.35. The van der Waals surface area contributed by atoms with Crippen LogP contribution < -0.4 is 15.6 Å². The lowest BCUT2D eigenvalue weighted by atomic mass is 10.2. The monoisotopic (exact) mass is 422 g/mol. The molecule has 0 spiro atoms. The molecule has 0 atom stereocenters. The highest BCUT2D eigenvalue weighted by molar-refractivity contribution is 9.10. The van der Waals surface area contributed by atoms with Gasteiger partial charge in [0.1, 0.15) is 5.75 Å². The van der Waals surface area contributed by atoms with Crippen LogP contribution in [0.4, 0.5) is 0 Å². The van der Waals surface area contributed by atoms with Crippen LogP contribution >= 0.6 is 27.5 Å². The van der Waals surface area contributed by atoms with E-state index in [0.717, 1.165) is 15.6 Å². The Kier molecular flexibility index (Phi) is 7.03. The standard InChI is InChI=1S/C18H16BrClN2O3/c1-12-2-8-16(15(19)10-12)25-11-18(24)22-21-17(23)9-5-13-3-6-14(20)7-4-13/h2-10H,11H2,1H3,(H,21,23)(H,22,24)/b9-5+. The largest absolute Gasteiger partial charge is 0.483 e. The minimum atomic E-state index is -0.472. The normalized spacial score (nSPS) is 10.5. The summed E-state index contributed by atoms with van der Waals surface area (Å²) in [6, 6.07) is 12.5. The van der Waals surface area contributed by atoms with Crippen LogP contribution in [-0.2, 0) is 9.59 Å². The summed E-state index contributed by atoms with van der Waals surface area (Å²) in [5.74, 6) is -0.379. The number of halogens is 2. The fourth-order valence-electron chi connectivity index (χ4n) is 1.82. The molecule has 0 heterocycles. The fourth-order valence-corrected chi connectivity index (χ4v) is 2.55. The Morgan fingerprint density at radius 1 is 1.16 bits per heavy atom. The average molecular weight is 424 g/mol. The maximum atomic E-state index is 11.7. The van der Waals surface area contributed by atoms with Gasteiger partial charge in [-0.2, -0.15) is 0 Å². The second kappa shape index (κ2) is 9.25. The number of carbonyl (C=O) groups is 2. The van der Waals surface area contributed by atoms with Gasteiger partial charge in [-0.15, -0.1) is 0 Å². The second-order valence-electron chi connectivity index (χ2n) is 5.14. The predicted molar refractivity (Wildman–Crippen MR) is 101 cm³/mol. The van der Waals surface area contributed by atoms with Gasteiger partial charge in [-0.3, -0.25) is 20.4 Å². The summed E-state index contributed by atoms with van der Waals surface area (Å²) < 4.78 is 6.15. The molecule has 7 heteroatoms. The van der Waals surface area contributed by atoms with E-state index in [1.54, 1.807) is 36.4 Å². The zero-order chi connectivity index (χ0) is 18.2. The molecular weight excluding hydrogens is 408 g/mol. The quantitative estimate of drug-likeness (QED) is 0.570. The third-order valence-electron chi connectivity index (χ3n) is 3.07. The molecule has 0 radical (unpaired) electrons. The molecule has 0 saturated carbocycles. The number of hydrazine groups is 1. The van der Waals surface area contributed by atoms with E-state index >= 15 is 0 Å². The lowest BCUT2D eigenvalue weighted by Gasteiger charge is -2.09. The number of aryl methyl sites for hydroxylation is 1. The van der Waals surface area contributed by atoms with Crippen molar-refractivity contribution in [3.05, 3.63) is 69.2 Å². The van der Waals surface area contributed by atoms with Crippen LogP contribution in [0.25, 0.3) is 6.08 Å². The Hall–Kier alpha value is -2.31. The van der Waals surface area contributed by atoms with Crippen molar-refractivity contribution in [2.24, 2.45) is 0 Å². The van der Waals surface area contributed by atoms with Gasteiger partial charge < -0.3 is 4.74 Å². The van der Waals surface area contributed by atoms with Crippen molar-refractivity contribution in [1.29, 1.82) is 0 Å². The van der Waals surface area contributed by atoms with E-state index in [9.17, 15) is 9.59 Å². The third-order valence-corrected chi connectivity index (χ3v) is 3.94. The summed E-state index contributed by atoms with van der Waals surface area (Å²) >= 11 is 9.15. The van der Waals surface area contributed by atoms with Crippen molar-refractivity contribution in [2.75, 3.05) is 6.61 Å². The Morgan fingerprint density at radius 2 is 1.88 bits per heavy atom. The summed E-state index contributed by atoms with van der Waals surface area (Å²) in [7, 11) is 0. The van der Waals surface area contributed by atoms with Crippen LogP contribution in [0, 0.1) is 6.92 Å². The molecular formula is C18H16BrClN2O3. The Morgan fingerprint density at radius 3 is 2.56 bits per heavy atom. The van der Waals surface area contributed by atoms with Crippen molar-refractivity contribution >= 4 is 45.4 Å². The minimum Gasteiger partial charge on any atom is -0.483 e. The van der Waals surface area contributed by atoms with Crippen molar-refractivity contribution in [3.8, 4) is 5.75 Å². The molecule has 0 fully saturated rings. The molecule has 0 unspecified atom stereocenters. The molecule has 2 aromatic carbocycles. The van der Waals surface area contributed by atoms with Gasteiger partial charge in [-0.1, -0.05) is 29.8 Å². The van der Waals surface area contributed by atoms with Gasteiger partial charge in [-0.25, -0.2) is 0 Å². The van der Waals surface area contributed by atoms with Gasteiger partial charge in [0.05, 0.1) is 4.47 Å². The number of hydrogen-bond acceptors (Lipinski definition) is 3. The van der Waals surface area contributed by atoms with E-state index in [4.69, 9.17) is 16.3 Å². The van der Waals surface area contributed by atoms with E-state index in [1.807, 2.05) is 19.1 Å². The molecule has 0 saturated heterocycles. The number of benzene rings is 2. The SMILES string of the molecule is Cc1ccc(OCC(=O)NNC(=O)/C=C/c2ccc(Cl)cc2)c(Br)c1. The topological polar surface area (TPSA) is 67.4 Å². The number of ether oxygens (including phenoxy) is 1. The average Bonchev–Trinajstić information content (AvgIpc) is 2.58. The first-order chi connectivity index (χ1) is 11.9. The van der Waals surface area contributed by atoms with E-state index in [2.05, 4.69) is 26.8 Å². The molecule has 0 aromatic heterocycles. The highest BCUT2D eigenvalue weighted by atomic mass is 79.9. The highest BCUT2D eigenvalue weighted by Gasteiger charge is 2.06. The van der Waals surface area contributed by atoms with Gasteiger partial charge in [0.25, 0.3) is 11.8 Å². The zero-order valence-corrected chi connectivity index (χ0v) is 15.7. The van der Waals surface area contributed by atoms with Crippen molar-refractivity contribution in [1.82, 2.24) is 10.9 Å². The lowest BCUT2D eigenvalue weighted by Crippen LogP contribution is -2.43. The summed E-state index contributed by atoms with van der Waals surface area (Å²) in [5.41, 5.74) is 6.45. The van der Waals surface area contributed by atoms with Crippen LogP contribution in [-0.4, -0.2) is 18.4 Å². The first kappa shape index (κ1) is 19.0. The first-order valence-corrected chi connectivity index (χ1v) is 8.52. The molecule has 2 amide bonds. The Labute approximate surface area is 159 Å². The van der Waals surface area contributed by atoms with Crippen LogP contribution in [0.1, 0.15) is 11.1 Å². The molecule has 25 heavy (non-hydrogen) atoms. The molecule has 5 nitrogen and oxygen atoms in total.